The van der Waals surface area contributed by atoms with Gasteiger partial charge in [0.15, 0.2) is 5.65 Å². The minimum Gasteiger partial charge on any atom is -0.355 e. The first kappa shape index (κ1) is 20.5. The Morgan fingerprint density at radius 3 is 2.42 bits per heavy atom. The number of carbonyl (C=O) groups excluding carboxylic acids is 1. The quantitative estimate of drug-likeness (QED) is 0.732. The van der Waals surface area contributed by atoms with Crippen LogP contribution in [0.1, 0.15) is 37.9 Å². The van der Waals surface area contributed by atoms with Crippen molar-refractivity contribution in [3.8, 4) is 0 Å². The molecule has 3 aliphatic heterocycles. The van der Waals surface area contributed by atoms with Crippen LogP contribution in [-0.4, -0.2) is 80.8 Å². The first-order valence-electron chi connectivity index (χ1n) is 11.0. The Labute approximate surface area is 178 Å². The van der Waals surface area contributed by atoms with Gasteiger partial charge in [-0.3, -0.25) is 9.69 Å². The minimum absolute atomic E-state index is 0.0297. The molecule has 0 saturated carbocycles. The van der Waals surface area contributed by atoms with Gasteiger partial charge in [0.05, 0.1) is 0 Å². The van der Waals surface area contributed by atoms with Gasteiger partial charge < -0.3 is 9.80 Å². The Bertz CT molecular complexity index is 948. The van der Waals surface area contributed by atoms with Crippen molar-refractivity contribution in [3.63, 3.8) is 0 Å². The van der Waals surface area contributed by atoms with Crippen LogP contribution in [0.4, 0.5) is 19.0 Å². The number of piperidine rings is 1. The molecular weight excluding hydrogens is 411 g/mol. The largest absolute Gasteiger partial charge is 0.453 e. The number of alkyl halides is 3. The van der Waals surface area contributed by atoms with Crippen molar-refractivity contribution in [2.45, 2.75) is 44.3 Å². The van der Waals surface area contributed by atoms with Crippen LogP contribution in [-0.2, 0) is 11.0 Å². The number of anilines is 1. The Balaban J connectivity index is 1.21. The average Bonchev–Trinajstić information content (AvgIpc) is 3.52. The van der Waals surface area contributed by atoms with Crippen LogP contribution in [0.15, 0.2) is 12.1 Å². The van der Waals surface area contributed by atoms with Crippen LogP contribution in [0.25, 0.3) is 5.65 Å². The Kier molecular flexibility index (Phi) is 5.23. The highest BCUT2D eigenvalue weighted by molar-refractivity contribution is 5.79. The van der Waals surface area contributed by atoms with Gasteiger partial charge in [-0.25, -0.2) is 0 Å². The fourth-order valence-electron chi connectivity index (χ4n) is 5.09. The van der Waals surface area contributed by atoms with Gasteiger partial charge >= 0.3 is 6.18 Å². The summed E-state index contributed by atoms with van der Waals surface area (Å²) in [5.41, 5.74) is 0.0581. The molecule has 1 amide bonds. The second-order valence-corrected chi connectivity index (χ2v) is 8.71. The molecule has 1 atom stereocenters. The molecule has 11 heteroatoms. The van der Waals surface area contributed by atoms with Gasteiger partial charge in [0.1, 0.15) is 5.82 Å². The molecule has 0 spiro atoms. The second-order valence-electron chi connectivity index (χ2n) is 8.71. The standard InChI is InChI=1S/C20H26F3N7O/c21-20(22,23)19-25-24-16-3-4-17(26-30(16)19)28-10-5-14(6-11-28)18(31)29-12-7-15(13-29)27-8-1-2-9-27/h3-4,14-15H,1-2,5-13H2. The maximum Gasteiger partial charge on any atom is 0.453 e. The summed E-state index contributed by atoms with van der Waals surface area (Å²) in [4.78, 5) is 19.5. The van der Waals surface area contributed by atoms with E-state index in [1.807, 2.05) is 9.80 Å². The van der Waals surface area contributed by atoms with E-state index in [9.17, 15) is 18.0 Å². The van der Waals surface area contributed by atoms with Gasteiger partial charge in [0.2, 0.25) is 5.91 Å². The molecule has 3 aliphatic rings. The molecule has 0 radical (unpaired) electrons. The lowest BCUT2D eigenvalue weighted by Crippen LogP contribution is -2.43. The average molecular weight is 437 g/mol. The Morgan fingerprint density at radius 2 is 1.71 bits per heavy atom. The van der Waals surface area contributed by atoms with E-state index in [0.29, 0.717) is 37.8 Å². The number of likely N-dealkylation sites (tertiary alicyclic amines) is 2. The summed E-state index contributed by atoms with van der Waals surface area (Å²) in [6.07, 6.45) is 0.294. The van der Waals surface area contributed by atoms with Crippen molar-refractivity contribution >= 4 is 17.4 Å². The SMILES string of the molecule is O=C(C1CCN(c2ccc3nnc(C(F)(F)F)n3n2)CC1)N1CCC(N2CCCC2)C1. The predicted molar refractivity (Wildman–Crippen MR) is 107 cm³/mol. The van der Waals surface area contributed by atoms with Crippen molar-refractivity contribution in [3.05, 3.63) is 18.0 Å². The van der Waals surface area contributed by atoms with E-state index >= 15 is 0 Å². The summed E-state index contributed by atoms with van der Waals surface area (Å²) in [6.45, 7) is 5.11. The van der Waals surface area contributed by atoms with Gasteiger partial charge in [0, 0.05) is 38.1 Å². The number of aromatic nitrogens is 4. The van der Waals surface area contributed by atoms with Crippen LogP contribution in [0.5, 0.6) is 0 Å². The van der Waals surface area contributed by atoms with E-state index in [0.717, 1.165) is 37.1 Å². The Hall–Kier alpha value is -2.43. The third kappa shape index (κ3) is 3.95. The lowest BCUT2D eigenvalue weighted by molar-refractivity contribution is -0.146. The first-order valence-corrected chi connectivity index (χ1v) is 11.0. The van der Waals surface area contributed by atoms with E-state index in [-0.39, 0.29) is 17.5 Å². The summed E-state index contributed by atoms with van der Waals surface area (Å²) in [5.74, 6) is -0.490. The minimum atomic E-state index is -4.62. The van der Waals surface area contributed by atoms with Crippen LogP contribution in [0.3, 0.4) is 0 Å². The van der Waals surface area contributed by atoms with Crippen molar-refractivity contribution in [2.24, 2.45) is 5.92 Å². The highest BCUT2D eigenvalue weighted by Gasteiger charge is 2.38. The topological polar surface area (TPSA) is 69.9 Å². The highest BCUT2D eigenvalue weighted by atomic mass is 19.4. The molecule has 5 heterocycles. The number of rotatable bonds is 3. The smallest absolute Gasteiger partial charge is 0.355 e. The predicted octanol–water partition coefficient (Wildman–Crippen LogP) is 2.06. The van der Waals surface area contributed by atoms with Crippen molar-refractivity contribution in [1.29, 1.82) is 0 Å². The van der Waals surface area contributed by atoms with Crippen molar-refractivity contribution < 1.29 is 18.0 Å². The fraction of sp³-hybridized carbons (Fsp3) is 0.700. The number of halogens is 3. The zero-order valence-electron chi connectivity index (χ0n) is 17.3. The van der Waals surface area contributed by atoms with E-state index in [4.69, 9.17) is 0 Å². The van der Waals surface area contributed by atoms with Crippen LogP contribution < -0.4 is 4.90 Å². The molecule has 1 unspecified atom stereocenters. The lowest BCUT2D eigenvalue weighted by atomic mass is 9.95. The van der Waals surface area contributed by atoms with E-state index in [2.05, 4.69) is 20.2 Å². The first-order chi connectivity index (χ1) is 14.9. The number of fused-ring (bicyclic) bond motifs is 1. The molecule has 3 saturated heterocycles. The van der Waals surface area contributed by atoms with E-state index in [1.165, 1.54) is 18.9 Å². The van der Waals surface area contributed by atoms with Gasteiger partial charge in [-0.2, -0.15) is 17.7 Å². The van der Waals surface area contributed by atoms with Gasteiger partial charge in [-0.15, -0.1) is 15.3 Å². The van der Waals surface area contributed by atoms with Gasteiger partial charge in [0.25, 0.3) is 5.82 Å². The Morgan fingerprint density at radius 1 is 0.968 bits per heavy atom. The monoisotopic (exact) mass is 437 g/mol. The normalized spacial score (nSPS) is 23.9. The number of nitrogens with zero attached hydrogens (tertiary/aromatic N) is 7. The molecule has 2 aromatic heterocycles. The number of hydrogen-bond acceptors (Lipinski definition) is 6. The number of carbonyl (C=O) groups is 1. The molecule has 0 bridgehead atoms. The van der Waals surface area contributed by atoms with Crippen molar-refractivity contribution in [1.82, 2.24) is 29.6 Å². The zero-order chi connectivity index (χ0) is 21.6. The molecule has 0 aromatic carbocycles. The molecule has 168 valence electrons. The fourth-order valence-corrected chi connectivity index (χ4v) is 5.09. The summed E-state index contributed by atoms with van der Waals surface area (Å²) in [7, 11) is 0. The summed E-state index contributed by atoms with van der Waals surface area (Å²) in [5, 5.41) is 10.9. The molecule has 0 N–H and O–H groups in total. The van der Waals surface area contributed by atoms with Gasteiger partial charge in [-0.1, -0.05) is 0 Å². The van der Waals surface area contributed by atoms with Crippen LogP contribution >= 0.6 is 0 Å². The third-order valence-corrected chi connectivity index (χ3v) is 6.80. The highest BCUT2D eigenvalue weighted by Crippen LogP contribution is 2.29. The molecule has 8 nitrogen and oxygen atoms in total. The molecule has 3 fully saturated rings. The van der Waals surface area contributed by atoms with Crippen LogP contribution in [0.2, 0.25) is 0 Å². The second kappa shape index (κ2) is 7.92. The lowest BCUT2D eigenvalue weighted by Gasteiger charge is -2.34. The summed E-state index contributed by atoms with van der Waals surface area (Å²) >= 11 is 0. The van der Waals surface area contributed by atoms with Gasteiger partial charge in [-0.05, 0) is 57.3 Å². The number of amides is 1. The number of hydrogen-bond donors (Lipinski definition) is 0. The molecular formula is C20H26F3N7O. The summed E-state index contributed by atoms with van der Waals surface area (Å²) in [6, 6.07) is 3.65. The van der Waals surface area contributed by atoms with Crippen LogP contribution in [0, 0.1) is 5.92 Å². The molecule has 0 aliphatic carbocycles. The molecule has 2 aromatic rings. The molecule has 5 rings (SSSR count). The van der Waals surface area contributed by atoms with E-state index < -0.39 is 12.0 Å². The maximum absolute atomic E-state index is 13.1. The molecule has 31 heavy (non-hydrogen) atoms. The zero-order valence-corrected chi connectivity index (χ0v) is 17.3. The van der Waals surface area contributed by atoms with Crippen molar-refractivity contribution in [2.75, 3.05) is 44.2 Å². The maximum atomic E-state index is 13.1. The third-order valence-electron chi connectivity index (χ3n) is 6.80. The van der Waals surface area contributed by atoms with E-state index in [1.54, 1.807) is 6.07 Å². The summed E-state index contributed by atoms with van der Waals surface area (Å²) < 4.78 is 40.1.